The van der Waals surface area contributed by atoms with Gasteiger partial charge in [-0.15, -0.1) is 0 Å². The van der Waals surface area contributed by atoms with E-state index in [9.17, 15) is 17.6 Å². The Kier molecular flexibility index (Phi) is 3.63. The summed E-state index contributed by atoms with van der Waals surface area (Å²) in [6, 6.07) is 9.74. The Labute approximate surface area is 131 Å². The quantitative estimate of drug-likeness (QED) is 0.746. The van der Waals surface area contributed by atoms with Crippen LogP contribution in [0.25, 0.3) is 5.57 Å². The summed E-state index contributed by atoms with van der Waals surface area (Å²) in [5.41, 5.74) is 1.84. The maximum absolute atomic E-state index is 13.3. The van der Waals surface area contributed by atoms with Crippen molar-refractivity contribution in [1.82, 2.24) is 0 Å². The fourth-order valence-corrected chi connectivity index (χ4v) is 2.72. The largest absolute Gasteiger partial charge is 0.361 e. The van der Waals surface area contributed by atoms with Crippen LogP contribution in [0, 0.1) is 5.82 Å². The second-order valence-electron chi connectivity index (χ2n) is 4.92. The van der Waals surface area contributed by atoms with E-state index < -0.39 is 15.8 Å². The van der Waals surface area contributed by atoms with Crippen LogP contribution in [-0.2, 0) is 14.8 Å². The van der Waals surface area contributed by atoms with Crippen LogP contribution in [-0.4, -0.2) is 14.3 Å². The number of rotatable bonds is 3. The van der Waals surface area contributed by atoms with E-state index in [1.165, 1.54) is 48.7 Å². The van der Waals surface area contributed by atoms with Gasteiger partial charge in [-0.05, 0) is 42.5 Å². The zero-order valence-corrected chi connectivity index (χ0v) is 12.5. The van der Waals surface area contributed by atoms with Crippen LogP contribution >= 0.6 is 0 Å². The molecule has 0 saturated heterocycles. The number of fused-ring (bicyclic) bond motifs is 1. The lowest BCUT2D eigenvalue weighted by atomic mass is 10.1. The molecule has 0 saturated carbocycles. The van der Waals surface area contributed by atoms with Crippen LogP contribution in [0.15, 0.2) is 53.6 Å². The van der Waals surface area contributed by atoms with Crippen LogP contribution in [0.5, 0.6) is 0 Å². The first-order valence-electron chi connectivity index (χ1n) is 6.55. The van der Waals surface area contributed by atoms with Gasteiger partial charge in [-0.25, -0.2) is 17.9 Å². The second kappa shape index (κ2) is 5.49. The molecule has 8 heteroatoms. The second-order valence-corrected chi connectivity index (χ2v) is 6.48. The van der Waals surface area contributed by atoms with Crippen molar-refractivity contribution in [2.24, 2.45) is 5.14 Å². The third kappa shape index (κ3) is 3.08. The SMILES string of the molecule is NS(=O)(=O)c1ccc(NC=C2C(=O)Nc3ccc(F)cc32)cc1. The summed E-state index contributed by atoms with van der Waals surface area (Å²) in [7, 11) is -3.75. The van der Waals surface area contributed by atoms with Crippen LogP contribution in [0.1, 0.15) is 5.56 Å². The van der Waals surface area contributed by atoms with Crippen molar-refractivity contribution in [2.45, 2.75) is 4.90 Å². The molecule has 0 aliphatic carbocycles. The summed E-state index contributed by atoms with van der Waals surface area (Å²) in [5, 5.41) is 10.5. The molecule has 0 bridgehead atoms. The molecule has 0 spiro atoms. The molecule has 1 aliphatic heterocycles. The standard InChI is InChI=1S/C15H12FN3O3S/c16-9-1-6-14-12(7-9)13(15(20)19-14)8-18-10-2-4-11(5-3-10)23(17,21)22/h1-8,18H,(H,19,20)(H2,17,21,22). The molecule has 1 amide bonds. The highest BCUT2D eigenvalue weighted by Crippen LogP contribution is 2.32. The number of sulfonamides is 1. The maximum Gasteiger partial charge on any atom is 0.257 e. The first-order chi connectivity index (χ1) is 10.8. The molecular weight excluding hydrogens is 321 g/mol. The van der Waals surface area contributed by atoms with Gasteiger partial charge in [-0.2, -0.15) is 0 Å². The number of anilines is 2. The van der Waals surface area contributed by atoms with Gasteiger partial charge in [0.2, 0.25) is 10.0 Å². The summed E-state index contributed by atoms with van der Waals surface area (Å²) >= 11 is 0. The number of halogens is 1. The molecule has 3 rings (SSSR count). The summed E-state index contributed by atoms with van der Waals surface area (Å²) in [5.74, 6) is -0.789. The topological polar surface area (TPSA) is 101 Å². The van der Waals surface area contributed by atoms with Crippen LogP contribution in [0.4, 0.5) is 15.8 Å². The number of nitrogens with two attached hydrogens (primary N) is 1. The van der Waals surface area contributed by atoms with E-state index in [0.29, 0.717) is 16.9 Å². The zero-order chi connectivity index (χ0) is 16.6. The van der Waals surface area contributed by atoms with Gasteiger partial charge in [-0.1, -0.05) is 0 Å². The number of benzene rings is 2. The number of hydrogen-bond donors (Lipinski definition) is 3. The van der Waals surface area contributed by atoms with Gasteiger partial charge in [0.1, 0.15) is 5.82 Å². The average Bonchev–Trinajstić information content (AvgIpc) is 2.79. The third-order valence-electron chi connectivity index (χ3n) is 3.33. The van der Waals surface area contributed by atoms with Crippen molar-refractivity contribution >= 4 is 32.9 Å². The van der Waals surface area contributed by atoms with Crippen molar-refractivity contribution in [1.29, 1.82) is 0 Å². The van der Waals surface area contributed by atoms with Crippen LogP contribution in [0.3, 0.4) is 0 Å². The Balaban J connectivity index is 1.86. The van der Waals surface area contributed by atoms with Gasteiger partial charge in [0, 0.05) is 23.1 Å². The highest BCUT2D eigenvalue weighted by molar-refractivity contribution is 7.89. The minimum Gasteiger partial charge on any atom is -0.361 e. The lowest BCUT2D eigenvalue weighted by Gasteiger charge is -2.04. The Morgan fingerprint density at radius 3 is 2.48 bits per heavy atom. The molecule has 2 aromatic rings. The summed E-state index contributed by atoms with van der Waals surface area (Å²) in [6.45, 7) is 0. The first-order valence-corrected chi connectivity index (χ1v) is 8.10. The smallest absolute Gasteiger partial charge is 0.257 e. The van der Waals surface area contributed by atoms with Crippen molar-refractivity contribution in [2.75, 3.05) is 10.6 Å². The van der Waals surface area contributed by atoms with E-state index in [-0.39, 0.29) is 16.4 Å². The minimum absolute atomic E-state index is 0.0123. The van der Waals surface area contributed by atoms with Gasteiger partial charge in [0.05, 0.1) is 10.5 Å². The number of nitrogens with one attached hydrogen (secondary N) is 2. The van der Waals surface area contributed by atoms with E-state index in [4.69, 9.17) is 5.14 Å². The fourth-order valence-electron chi connectivity index (χ4n) is 2.20. The molecule has 118 valence electrons. The van der Waals surface area contributed by atoms with Crippen molar-refractivity contribution in [3.63, 3.8) is 0 Å². The third-order valence-corrected chi connectivity index (χ3v) is 4.26. The molecule has 0 aromatic heterocycles. The molecular formula is C15H12FN3O3S. The van der Waals surface area contributed by atoms with Gasteiger partial charge >= 0.3 is 0 Å². The molecule has 2 aromatic carbocycles. The summed E-state index contributed by atoms with van der Waals surface area (Å²) in [6.07, 6.45) is 1.44. The number of carbonyl (C=O) groups is 1. The number of carbonyl (C=O) groups excluding carboxylic acids is 1. The Bertz CT molecular complexity index is 921. The minimum atomic E-state index is -3.75. The summed E-state index contributed by atoms with van der Waals surface area (Å²) in [4.78, 5) is 11.9. The average molecular weight is 333 g/mol. The van der Waals surface area contributed by atoms with Crippen molar-refractivity contribution in [3.05, 3.63) is 60.0 Å². The Morgan fingerprint density at radius 1 is 1.13 bits per heavy atom. The molecule has 1 heterocycles. The fraction of sp³-hybridized carbons (Fsp3) is 0. The van der Waals surface area contributed by atoms with E-state index >= 15 is 0 Å². The first kappa shape index (κ1) is 15.2. The lowest BCUT2D eigenvalue weighted by molar-refractivity contribution is -0.110. The Morgan fingerprint density at radius 2 is 1.83 bits per heavy atom. The normalized spacial score (nSPS) is 15.4. The monoisotopic (exact) mass is 333 g/mol. The highest BCUT2D eigenvalue weighted by atomic mass is 32.2. The van der Waals surface area contributed by atoms with Crippen molar-refractivity contribution in [3.8, 4) is 0 Å². The van der Waals surface area contributed by atoms with E-state index in [2.05, 4.69) is 10.6 Å². The molecule has 6 nitrogen and oxygen atoms in total. The number of primary sulfonamides is 1. The molecule has 0 fully saturated rings. The number of amides is 1. The molecule has 1 aliphatic rings. The maximum atomic E-state index is 13.3. The van der Waals surface area contributed by atoms with Gasteiger partial charge in [0.15, 0.2) is 0 Å². The molecule has 0 atom stereocenters. The predicted octanol–water partition coefficient (Wildman–Crippen LogP) is 1.88. The van der Waals surface area contributed by atoms with Crippen molar-refractivity contribution < 1.29 is 17.6 Å². The van der Waals surface area contributed by atoms with Crippen LogP contribution in [0.2, 0.25) is 0 Å². The lowest BCUT2D eigenvalue weighted by Crippen LogP contribution is -2.11. The van der Waals surface area contributed by atoms with Gasteiger partial charge in [0.25, 0.3) is 5.91 Å². The van der Waals surface area contributed by atoms with Crippen LogP contribution < -0.4 is 15.8 Å². The van der Waals surface area contributed by atoms with E-state index in [1.54, 1.807) is 0 Å². The Hall–Kier alpha value is -2.71. The van der Waals surface area contributed by atoms with E-state index in [1.807, 2.05) is 0 Å². The predicted molar refractivity (Wildman–Crippen MR) is 84.4 cm³/mol. The number of hydrogen-bond acceptors (Lipinski definition) is 4. The molecule has 0 unspecified atom stereocenters. The summed E-state index contributed by atoms with van der Waals surface area (Å²) < 4.78 is 35.7. The molecule has 4 N–H and O–H groups in total. The van der Waals surface area contributed by atoms with Gasteiger partial charge in [-0.3, -0.25) is 4.79 Å². The zero-order valence-electron chi connectivity index (χ0n) is 11.7. The van der Waals surface area contributed by atoms with Gasteiger partial charge < -0.3 is 10.6 Å². The van der Waals surface area contributed by atoms with E-state index in [0.717, 1.165) is 0 Å². The molecule has 23 heavy (non-hydrogen) atoms. The highest BCUT2D eigenvalue weighted by Gasteiger charge is 2.24. The molecule has 0 radical (unpaired) electrons.